The van der Waals surface area contributed by atoms with Gasteiger partial charge in [0.2, 0.25) is 0 Å². The molecule has 1 aromatic rings. The predicted octanol–water partition coefficient (Wildman–Crippen LogP) is 1.73. The SMILES string of the molecule is O=C(NCC1(O)CCOCC1)c1cc(C2CCCCC2)[nH]n1. The number of amides is 1. The second-order valence-electron chi connectivity index (χ2n) is 6.56. The van der Waals surface area contributed by atoms with E-state index in [9.17, 15) is 9.90 Å². The van der Waals surface area contributed by atoms with Gasteiger partial charge in [0, 0.05) is 44.2 Å². The highest BCUT2D eigenvalue weighted by Crippen LogP contribution is 2.31. The first-order valence-electron chi connectivity index (χ1n) is 8.30. The maximum Gasteiger partial charge on any atom is 0.271 e. The van der Waals surface area contributed by atoms with Gasteiger partial charge >= 0.3 is 0 Å². The fourth-order valence-corrected chi connectivity index (χ4v) is 3.34. The van der Waals surface area contributed by atoms with Gasteiger partial charge in [0.15, 0.2) is 0 Å². The van der Waals surface area contributed by atoms with Gasteiger partial charge in [0.25, 0.3) is 5.91 Å². The van der Waals surface area contributed by atoms with Crippen LogP contribution in [0.5, 0.6) is 0 Å². The number of H-pyrrole nitrogens is 1. The molecule has 3 N–H and O–H groups in total. The number of carbonyl (C=O) groups is 1. The fourth-order valence-electron chi connectivity index (χ4n) is 3.34. The van der Waals surface area contributed by atoms with Crippen molar-refractivity contribution in [2.24, 2.45) is 0 Å². The summed E-state index contributed by atoms with van der Waals surface area (Å²) in [7, 11) is 0. The summed E-state index contributed by atoms with van der Waals surface area (Å²) in [6.07, 6.45) is 7.26. The average molecular weight is 307 g/mol. The second-order valence-corrected chi connectivity index (χ2v) is 6.56. The number of aromatic nitrogens is 2. The Bertz CT molecular complexity index is 502. The van der Waals surface area contributed by atoms with E-state index in [1.165, 1.54) is 32.1 Å². The van der Waals surface area contributed by atoms with Gasteiger partial charge in [0.1, 0.15) is 5.69 Å². The lowest BCUT2D eigenvalue weighted by Gasteiger charge is -2.31. The average Bonchev–Trinajstić information content (AvgIpc) is 3.04. The minimum absolute atomic E-state index is 0.224. The Balaban J connectivity index is 1.54. The van der Waals surface area contributed by atoms with Crippen molar-refractivity contribution in [3.8, 4) is 0 Å². The van der Waals surface area contributed by atoms with Crippen LogP contribution in [0.15, 0.2) is 6.07 Å². The van der Waals surface area contributed by atoms with Crippen molar-refractivity contribution in [2.75, 3.05) is 19.8 Å². The molecule has 0 aromatic carbocycles. The highest BCUT2D eigenvalue weighted by Gasteiger charge is 2.30. The second kappa shape index (κ2) is 6.79. The van der Waals surface area contributed by atoms with Gasteiger partial charge in [-0.3, -0.25) is 9.89 Å². The summed E-state index contributed by atoms with van der Waals surface area (Å²) in [5.41, 5.74) is 0.627. The molecule has 1 saturated carbocycles. The van der Waals surface area contributed by atoms with Crippen LogP contribution in [0.2, 0.25) is 0 Å². The van der Waals surface area contributed by atoms with Crippen LogP contribution in [0.1, 0.15) is 67.0 Å². The lowest BCUT2D eigenvalue weighted by Crippen LogP contribution is -2.46. The van der Waals surface area contributed by atoms with Crippen LogP contribution >= 0.6 is 0 Å². The van der Waals surface area contributed by atoms with Gasteiger partial charge in [-0.25, -0.2) is 0 Å². The van der Waals surface area contributed by atoms with E-state index in [2.05, 4.69) is 15.5 Å². The van der Waals surface area contributed by atoms with E-state index in [0.29, 0.717) is 37.7 Å². The van der Waals surface area contributed by atoms with Gasteiger partial charge in [0.05, 0.1) is 5.60 Å². The van der Waals surface area contributed by atoms with E-state index in [1.54, 1.807) is 0 Å². The molecule has 1 aromatic heterocycles. The molecule has 3 rings (SSSR count). The number of nitrogens with zero attached hydrogens (tertiary/aromatic N) is 1. The number of hydrogen-bond donors (Lipinski definition) is 3. The Labute approximate surface area is 130 Å². The first kappa shape index (κ1) is 15.5. The van der Waals surface area contributed by atoms with Crippen LogP contribution in [0.4, 0.5) is 0 Å². The lowest BCUT2D eigenvalue weighted by molar-refractivity contribution is -0.0605. The molecule has 2 heterocycles. The molecule has 0 atom stereocenters. The van der Waals surface area contributed by atoms with Crippen LogP contribution in [-0.4, -0.2) is 46.6 Å². The summed E-state index contributed by atoms with van der Waals surface area (Å²) >= 11 is 0. The summed E-state index contributed by atoms with van der Waals surface area (Å²) < 4.78 is 5.24. The molecule has 0 radical (unpaired) electrons. The Morgan fingerprint density at radius 2 is 2.09 bits per heavy atom. The van der Waals surface area contributed by atoms with Crippen molar-refractivity contribution in [3.05, 3.63) is 17.5 Å². The van der Waals surface area contributed by atoms with Crippen molar-refractivity contribution >= 4 is 5.91 Å². The Kier molecular flexibility index (Phi) is 4.78. The van der Waals surface area contributed by atoms with Gasteiger partial charge in [-0.15, -0.1) is 0 Å². The Morgan fingerprint density at radius 3 is 2.82 bits per heavy atom. The molecule has 1 aliphatic heterocycles. The van der Waals surface area contributed by atoms with Crippen LogP contribution < -0.4 is 5.32 Å². The summed E-state index contributed by atoms with van der Waals surface area (Å²) in [4.78, 5) is 12.2. The number of aromatic amines is 1. The van der Waals surface area contributed by atoms with Crippen molar-refractivity contribution in [1.82, 2.24) is 15.5 Å². The number of nitrogens with one attached hydrogen (secondary N) is 2. The number of rotatable bonds is 4. The topological polar surface area (TPSA) is 87.2 Å². The molecule has 1 amide bonds. The number of ether oxygens (including phenoxy) is 1. The summed E-state index contributed by atoms with van der Waals surface area (Å²) in [6.45, 7) is 1.34. The molecule has 2 fully saturated rings. The van der Waals surface area contributed by atoms with Gasteiger partial charge in [-0.2, -0.15) is 5.10 Å². The number of carbonyl (C=O) groups excluding carboxylic acids is 1. The monoisotopic (exact) mass is 307 g/mol. The van der Waals surface area contributed by atoms with E-state index in [1.807, 2.05) is 6.07 Å². The number of aliphatic hydroxyl groups is 1. The van der Waals surface area contributed by atoms with Crippen molar-refractivity contribution in [3.63, 3.8) is 0 Å². The van der Waals surface area contributed by atoms with E-state index in [-0.39, 0.29) is 12.5 Å². The molecule has 2 aliphatic rings. The van der Waals surface area contributed by atoms with E-state index in [0.717, 1.165) is 5.69 Å². The maximum absolute atomic E-state index is 12.2. The number of hydrogen-bond acceptors (Lipinski definition) is 4. The zero-order chi connectivity index (χ0) is 15.4. The molecule has 0 unspecified atom stereocenters. The smallest absolute Gasteiger partial charge is 0.271 e. The third kappa shape index (κ3) is 3.67. The maximum atomic E-state index is 12.2. The van der Waals surface area contributed by atoms with Gasteiger partial charge < -0.3 is 15.2 Å². The van der Waals surface area contributed by atoms with Crippen molar-refractivity contribution in [1.29, 1.82) is 0 Å². The normalized spacial score (nSPS) is 22.4. The third-order valence-corrected chi connectivity index (χ3v) is 4.88. The minimum atomic E-state index is -0.851. The molecular weight excluding hydrogens is 282 g/mol. The molecule has 6 heteroatoms. The van der Waals surface area contributed by atoms with E-state index in [4.69, 9.17) is 4.74 Å². The summed E-state index contributed by atoms with van der Waals surface area (Å²) in [5, 5.41) is 20.3. The predicted molar refractivity (Wildman–Crippen MR) is 81.7 cm³/mol. The molecule has 0 bridgehead atoms. The van der Waals surface area contributed by atoms with Crippen molar-refractivity contribution in [2.45, 2.75) is 56.5 Å². The molecule has 1 saturated heterocycles. The molecule has 22 heavy (non-hydrogen) atoms. The van der Waals surface area contributed by atoms with Gasteiger partial charge in [-0.05, 0) is 18.9 Å². The zero-order valence-corrected chi connectivity index (χ0v) is 12.9. The molecule has 6 nitrogen and oxygen atoms in total. The van der Waals surface area contributed by atoms with E-state index < -0.39 is 5.60 Å². The Hall–Kier alpha value is -1.40. The standard InChI is InChI=1S/C16H25N3O3/c20-15(17-11-16(21)6-8-22-9-7-16)14-10-13(18-19-14)12-4-2-1-3-5-12/h10,12,21H,1-9,11H2,(H,17,20)(H,18,19). The highest BCUT2D eigenvalue weighted by molar-refractivity contribution is 5.92. The molecular formula is C16H25N3O3. The first-order valence-corrected chi connectivity index (χ1v) is 8.30. The van der Waals surface area contributed by atoms with Gasteiger partial charge in [-0.1, -0.05) is 19.3 Å². The zero-order valence-electron chi connectivity index (χ0n) is 12.9. The molecule has 1 aliphatic carbocycles. The molecule has 0 spiro atoms. The van der Waals surface area contributed by atoms with E-state index >= 15 is 0 Å². The molecule has 122 valence electrons. The quantitative estimate of drug-likeness (QED) is 0.790. The lowest BCUT2D eigenvalue weighted by atomic mass is 9.87. The van der Waals surface area contributed by atoms with Crippen LogP contribution in [0.3, 0.4) is 0 Å². The fraction of sp³-hybridized carbons (Fsp3) is 0.750. The van der Waals surface area contributed by atoms with Crippen LogP contribution in [-0.2, 0) is 4.74 Å². The van der Waals surface area contributed by atoms with Crippen LogP contribution in [0, 0.1) is 0 Å². The Morgan fingerprint density at radius 1 is 1.36 bits per heavy atom. The van der Waals surface area contributed by atoms with Crippen molar-refractivity contribution < 1.29 is 14.6 Å². The summed E-state index contributed by atoms with van der Waals surface area (Å²) in [6, 6.07) is 1.86. The highest BCUT2D eigenvalue weighted by atomic mass is 16.5. The summed E-state index contributed by atoms with van der Waals surface area (Å²) in [5.74, 6) is 0.278. The third-order valence-electron chi connectivity index (χ3n) is 4.88. The first-order chi connectivity index (χ1) is 10.7. The van der Waals surface area contributed by atoms with Crippen LogP contribution in [0.25, 0.3) is 0 Å². The largest absolute Gasteiger partial charge is 0.388 e. The minimum Gasteiger partial charge on any atom is -0.388 e.